The van der Waals surface area contributed by atoms with Crippen molar-refractivity contribution in [3.05, 3.63) is 29.3 Å². The molecular formula is C12H17NO2. The average Bonchev–Trinajstić information content (AvgIpc) is 2.73. The number of benzene rings is 1. The van der Waals surface area contributed by atoms with Gasteiger partial charge in [0.2, 0.25) is 0 Å². The third-order valence-electron chi connectivity index (χ3n) is 2.83. The van der Waals surface area contributed by atoms with Crippen LogP contribution in [0.15, 0.2) is 18.2 Å². The average molecular weight is 207 g/mol. The first kappa shape index (κ1) is 10.5. The molecule has 3 heteroatoms. The molecule has 1 aliphatic heterocycles. The number of phenolic OH excluding ortho intramolecular Hbond substituents is 1. The summed E-state index contributed by atoms with van der Waals surface area (Å²) in [5, 5.41) is 13.2. The number of aryl methyl sites for hydroxylation is 1. The topological polar surface area (TPSA) is 41.5 Å². The standard InChI is InChI=1S/C12H17NO2/c1-9-3-2-4-10(12(9)14)7-13-11-5-6-15-8-11/h2-4,11,13-14H,5-8H2,1H3. The van der Waals surface area contributed by atoms with E-state index in [1.807, 2.05) is 25.1 Å². The van der Waals surface area contributed by atoms with E-state index in [9.17, 15) is 5.11 Å². The smallest absolute Gasteiger partial charge is 0.122 e. The molecule has 1 unspecified atom stereocenters. The Balaban J connectivity index is 1.95. The zero-order chi connectivity index (χ0) is 10.7. The number of para-hydroxylation sites is 1. The number of phenols is 1. The third-order valence-corrected chi connectivity index (χ3v) is 2.83. The quantitative estimate of drug-likeness (QED) is 0.790. The molecule has 0 aromatic heterocycles. The zero-order valence-corrected chi connectivity index (χ0v) is 8.99. The molecule has 0 radical (unpaired) electrons. The lowest BCUT2D eigenvalue weighted by Gasteiger charge is -2.12. The highest BCUT2D eigenvalue weighted by atomic mass is 16.5. The van der Waals surface area contributed by atoms with Crippen LogP contribution in [0.2, 0.25) is 0 Å². The number of nitrogens with one attached hydrogen (secondary N) is 1. The summed E-state index contributed by atoms with van der Waals surface area (Å²) in [6, 6.07) is 6.27. The lowest BCUT2D eigenvalue weighted by atomic mass is 10.1. The Labute approximate surface area is 90.1 Å². The third kappa shape index (κ3) is 2.49. The molecule has 0 bridgehead atoms. The second-order valence-corrected chi connectivity index (χ2v) is 4.02. The van der Waals surface area contributed by atoms with Crippen molar-refractivity contribution < 1.29 is 9.84 Å². The van der Waals surface area contributed by atoms with E-state index in [1.165, 1.54) is 0 Å². The molecule has 0 aliphatic carbocycles. The molecule has 1 aliphatic rings. The molecule has 1 aromatic carbocycles. The van der Waals surface area contributed by atoms with Crippen LogP contribution in [0.5, 0.6) is 5.75 Å². The van der Waals surface area contributed by atoms with E-state index in [-0.39, 0.29) is 0 Å². The summed E-state index contributed by atoms with van der Waals surface area (Å²) >= 11 is 0. The van der Waals surface area contributed by atoms with E-state index in [4.69, 9.17) is 4.74 Å². The van der Waals surface area contributed by atoms with Gasteiger partial charge < -0.3 is 15.2 Å². The highest BCUT2D eigenvalue weighted by molar-refractivity contribution is 5.39. The fourth-order valence-electron chi connectivity index (χ4n) is 1.81. The molecule has 1 heterocycles. The second-order valence-electron chi connectivity index (χ2n) is 4.02. The molecule has 3 nitrogen and oxygen atoms in total. The van der Waals surface area contributed by atoms with E-state index in [0.717, 1.165) is 30.8 Å². The first-order chi connectivity index (χ1) is 7.27. The van der Waals surface area contributed by atoms with Crippen molar-refractivity contribution in [3.63, 3.8) is 0 Å². The first-order valence-electron chi connectivity index (χ1n) is 5.36. The monoisotopic (exact) mass is 207 g/mol. The second kappa shape index (κ2) is 4.64. The van der Waals surface area contributed by atoms with Gasteiger partial charge in [-0.2, -0.15) is 0 Å². The van der Waals surface area contributed by atoms with Crippen LogP contribution in [0.25, 0.3) is 0 Å². The minimum Gasteiger partial charge on any atom is -0.507 e. The molecule has 1 aromatic rings. The molecule has 0 amide bonds. The first-order valence-corrected chi connectivity index (χ1v) is 5.36. The molecule has 1 fully saturated rings. The van der Waals surface area contributed by atoms with Crippen molar-refractivity contribution in [1.82, 2.24) is 5.32 Å². The minimum atomic E-state index is 0.406. The minimum absolute atomic E-state index is 0.406. The summed E-state index contributed by atoms with van der Waals surface area (Å²) in [6.07, 6.45) is 1.06. The Morgan fingerprint density at radius 3 is 3.13 bits per heavy atom. The highest BCUT2D eigenvalue weighted by Crippen LogP contribution is 2.21. The van der Waals surface area contributed by atoms with Gasteiger partial charge in [-0.15, -0.1) is 0 Å². The lowest BCUT2D eigenvalue weighted by molar-refractivity contribution is 0.189. The predicted octanol–water partition coefficient (Wildman–Crippen LogP) is 1.58. The Bertz CT molecular complexity index is 332. The van der Waals surface area contributed by atoms with Gasteiger partial charge in [-0.25, -0.2) is 0 Å². The van der Waals surface area contributed by atoms with E-state index >= 15 is 0 Å². The zero-order valence-electron chi connectivity index (χ0n) is 8.99. The SMILES string of the molecule is Cc1cccc(CNC2CCOC2)c1O. The van der Waals surface area contributed by atoms with Crippen LogP contribution in [-0.4, -0.2) is 24.4 Å². The maximum atomic E-state index is 9.80. The largest absolute Gasteiger partial charge is 0.507 e. The van der Waals surface area contributed by atoms with Crippen molar-refractivity contribution in [2.75, 3.05) is 13.2 Å². The Morgan fingerprint density at radius 1 is 1.53 bits per heavy atom. The predicted molar refractivity (Wildman–Crippen MR) is 58.9 cm³/mol. The van der Waals surface area contributed by atoms with Gasteiger partial charge in [-0.3, -0.25) is 0 Å². The van der Waals surface area contributed by atoms with Crippen LogP contribution in [0.4, 0.5) is 0 Å². The summed E-state index contributed by atoms with van der Waals surface area (Å²) in [7, 11) is 0. The molecule has 0 saturated carbocycles. The summed E-state index contributed by atoms with van der Waals surface area (Å²) in [4.78, 5) is 0. The number of hydrogen-bond acceptors (Lipinski definition) is 3. The number of hydrogen-bond donors (Lipinski definition) is 2. The number of ether oxygens (including phenoxy) is 1. The summed E-state index contributed by atoms with van der Waals surface area (Å²) in [5.74, 6) is 0.406. The van der Waals surface area contributed by atoms with Gasteiger partial charge in [0, 0.05) is 24.8 Å². The number of rotatable bonds is 3. The van der Waals surface area contributed by atoms with Crippen molar-refractivity contribution in [2.24, 2.45) is 0 Å². The van der Waals surface area contributed by atoms with Gasteiger partial charge in [-0.1, -0.05) is 18.2 Å². The summed E-state index contributed by atoms with van der Waals surface area (Å²) in [6.45, 7) is 4.25. The molecule has 15 heavy (non-hydrogen) atoms. The van der Waals surface area contributed by atoms with Crippen LogP contribution in [0, 0.1) is 6.92 Å². The van der Waals surface area contributed by atoms with E-state index in [2.05, 4.69) is 5.32 Å². The van der Waals surface area contributed by atoms with Crippen LogP contribution >= 0.6 is 0 Å². The Kier molecular flexibility index (Phi) is 3.23. The summed E-state index contributed by atoms with van der Waals surface area (Å²) < 4.78 is 5.27. The summed E-state index contributed by atoms with van der Waals surface area (Å²) in [5.41, 5.74) is 1.89. The van der Waals surface area contributed by atoms with Gasteiger partial charge in [0.1, 0.15) is 5.75 Å². The molecule has 2 N–H and O–H groups in total. The maximum Gasteiger partial charge on any atom is 0.122 e. The molecule has 0 spiro atoms. The van der Waals surface area contributed by atoms with Crippen LogP contribution < -0.4 is 5.32 Å². The lowest BCUT2D eigenvalue weighted by Crippen LogP contribution is -2.28. The van der Waals surface area contributed by atoms with Gasteiger partial charge in [0.15, 0.2) is 0 Å². The Morgan fingerprint density at radius 2 is 2.40 bits per heavy atom. The molecule has 1 saturated heterocycles. The molecule has 2 rings (SSSR count). The fraction of sp³-hybridized carbons (Fsp3) is 0.500. The normalized spacial score (nSPS) is 20.7. The Hall–Kier alpha value is -1.06. The number of aromatic hydroxyl groups is 1. The van der Waals surface area contributed by atoms with Gasteiger partial charge in [0.25, 0.3) is 0 Å². The van der Waals surface area contributed by atoms with E-state index in [1.54, 1.807) is 0 Å². The van der Waals surface area contributed by atoms with E-state index in [0.29, 0.717) is 18.3 Å². The fourth-order valence-corrected chi connectivity index (χ4v) is 1.81. The molecule has 1 atom stereocenters. The van der Waals surface area contributed by atoms with Gasteiger partial charge >= 0.3 is 0 Å². The van der Waals surface area contributed by atoms with Gasteiger partial charge in [0.05, 0.1) is 6.61 Å². The highest BCUT2D eigenvalue weighted by Gasteiger charge is 2.15. The van der Waals surface area contributed by atoms with Gasteiger partial charge in [-0.05, 0) is 18.9 Å². The van der Waals surface area contributed by atoms with Crippen LogP contribution in [-0.2, 0) is 11.3 Å². The molecular weight excluding hydrogens is 190 g/mol. The van der Waals surface area contributed by atoms with Crippen molar-refractivity contribution in [1.29, 1.82) is 0 Å². The van der Waals surface area contributed by atoms with E-state index < -0.39 is 0 Å². The van der Waals surface area contributed by atoms with Crippen molar-refractivity contribution >= 4 is 0 Å². The maximum absolute atomic E-state index is 9.80. The van der Waals surface area contributed by atoms with Crippen molar-refractivity contribution in [2.45, 2.75) is 25.9 Å². The van der Waals surface area contributed by atoms with Crippen LogP contribution in [0.1, 0.15) is 17.5 Å². The van der Waals surface area contributed by atoms with Crippen molar-refractivity contribution in [3.8, 4) is 5.75 Å². The van der Waals surface area contributed by atoms with Crippen LogP contribution in [0.3, 0.4) is 0 Å². The molecule has 82 valence electrons.